The molecule has 0 atom stereocenters. The molecule has 2 aliphatic rings. The van der Waals surface area contributed by atoms with Crippen molar-refractivity contribution in [2.24, 2.45) is 0 Å². The Hall–Kier alpha value is -3.33. The smallest absolute Gasteiger partial charge is 0.321 e. The van der Waals surface area contributed by atoms with Crippen LogP contribution in [-0.2, 0) is 23.8 Å². The second-order valence-corrected chi connectivity index (χ2v) is 6.90. The zero-order valence-electron chi connectivity index (χ0n) is 15.2. The van der Waals surface area contributed by atoms with Crippen molar-refractivity contribution in [3.63, 3.8) is 0 Å². The fraction of sp³-hybridized carbons (Fsp3) is 0.174. The van der Waals surface area contributed by atoms with Crippen LogP contribution in [0.25, 0.3) is 5.57 Å². The fourth-order valence-electron chi connectivity index (χ4n) is 3.51. The van der Waals surface area contributed by atoms with E-state index in [2.05, 4.69) is 16.8 Å². The minimum Gasteiger partial charge on any atom is -0.321 e. The minimum absolute atomic E-state index is 0.00616. The second kappa shape index (κ2) is 7.25. The quantitative estimate of drug-likeness (QED) is 0.518. The van der Waals surface area contributed by atoms with Gasteiger partial charge in [-0.25, -0.2) is 0 Å². The molecule has 1 N–H and O–H groups in total. The number of carbonyl (C=O) groups is 1. The van der Waals surface area contributed by atoms with Gasteiger partial charge in [-0.1, -0.05) is 23.9 Å². The SMILES string of the molecule is O=C(Nc1ccc2c(c1)CCC2)C1=C=C=C(F)C=C1c1ccc(C(F)(F)F)cc1. The number of benzene rings is 2. The summed E-state index contributed by atoms with van der Waals surface area (Å²) < 4.78 is 52.1. The third kappa shape index (κ3) is 3.95. The Kier molecular flexibility index (Phi) is 4.75. The van der Waals surface area contributed by atoms with Crippen molar-refractivity contribution in [2.45, 2.75) is 25.4 Å². The number of nitrogens with one attached hydrogen (secondary N) is 1. The summed E-state index contributed by atoms with van der Waals surface area (Å²) in [4.78, 5) is 12.8. The largest absolute Gasteiger partial charge is 0.416 e. The van der Waals surface area contributed by atoms with Crippen molar-refractivity contribution in [2.75, 3.05) is 5.32 Å². The van der Waals surface area contributed by atoms with Gasteiger partial charge in [0, 0.05) is 11.3 Å². The van der Waals surface area contributed by atoms with Gasteiger partial charge in [0.2, 0.25) is 0 Å². The van der Waals surface area contributed by atoms with Gasteiger partial charge in [0.15, 0.2) is 5.83 Å². The number of anilines is 1. The Morgan fingerprint density at radius 3 is 2.41 bits per heavy atom. The van der Waals surface area contributed by atoms with Crippen molar-refractivity contribution in [3.8, 4) is 0 Å². The molecule has 0 fully saturated rings. The molecule has 0 spiro atoms. The maximum absolute atomic E-state index is 13.7. The number of alkyl halides is 3. The molecule has 2 nitrogen and oxygen atoms in total. The zero-order valence-corrected chi connectivity index (χ0v) is 15.2. The molecule has 29 heavy (non-hydrogen) atoms. The number of allylic oxidation sites excluding steroid dienone is 2. The molecule has 1 amide bonds. The molecule has 0 bridgehead atoms. The Balaban J connectivity index is 1.62. The number of fused-ring (bicyclic) bond motifs is 1. The van der Waals surface area contributed by atoms with E-state index in [0.717, 1.165) is 37.5 Å². The Morgan fingerprint density at radius 1 is 0.966 bits per heavy atom. The average molecular weight is 397 g/mol. The molecule has 146 valence electrons. The van der Waals surface area contributed by atoms with Gasteiger partial charge in [0.1, 0.15) is 0 Å². The van der Waals surface area contributed by atoms with Crippen LogP contribution in [0.3, 0.4) is 0 Å². The molecule has 0 saturated carbocycles. The summed E-state index contributed by atoms with van der Waals surface area (Å²) in [6, 6.07) is 9.88. The highest BCUT2D eigenvalue weighted by atomic mass is 19.4. The van der Waals surface area contributed by atoms with Crippen molar-refractivity contribution < 1.29 is 22.4 Å². The standard InChI is InChI=1S/C23H15F4NO/c24-18-9-11-20(21(13-18)15-4-7-17(8-5-15)23(25,26)27)22(29)28-19-10-6-14-2-1-3-16(14)12-19/h4-8,10,12-13H,1-3H2,(H,28,29). The van der Waals surface area contributed by atoms with E-state index in [1.165, 1.54) is 23.3 Å². The Labute approximate surface area is 164 Å². The van der Waals surface area contributed by atoms with Crippen LogP contribution in [0.4, 0.5) is 23.2 Å². The first kappa shape index (κ1) is 19.0. The molecule has 0 saturated heterocycles. The van der Waals surface area contributed by atoms with Crippen LogP contribution < -0.4 is 5.32 Å². The molecular formula is C23H15F4NO. The van der Waals surface area contributed by atoms with Gasteiger partial charge in [-0.15, -0.1) is 0 Å². The fourth-order valence-corrected chi connectivity index (χ4v) is 3.51. The Morgan fingerprint density at radius 2 is 1.69 bits per heavy atom. The van der Waals surface area contributed by atoms with Crippen LogP contribution in [0.15, 0.2) is 71.4 Å². The van der Waals surface area contributed by atoms with E-state index in [0.29, 0.717) is 5.69 Å². The number of aryl methyl sites for hydroxylation is 2. The normalized spacial score (nSPS) is 15.4. The summed E-state index contributed by atoms with van der Waals surface area (Å²) in [6.07, 6.45) is -0.370. The maximum Gasteiger partial charge on any atom is 0.416 e. The zero-order chi connectivity index (χ0) is 20.6. The summed E-state index contributed by atoms with van der Waals surface area (Å²) in [5.41, 5.74) is 7.36. The van der Waals surface area contributed by atoms with Gasteiger partial charge >= 0.3 is 6.18 Å². The van der Waals surface area contributed by atoms with E-state index < -0.39 is 23.5 Å². The second-order valence-electron chi connectivity index (χ2n) is 6.90. The lowest BCUT2D eigenvalue weighted by molar-refractivity contribution is -0.137. The highest BCUT2D eigenvalue weighted by Crippen LogP contribution is 2.33. The topological polar surface area (TPSA) is 29.1 Å². The van der Waals surface area contributed by atoms with Crippen LogP contribution in [0, 0.1) is 0 Å². The van der Waals surface area contributed by atoms with Crippen LogP contribution in [0.5, 0.6) is 0 Å². The molecule has 6 heteroatoms. The first-order valence-corrected chi connectivity index (χ1v) is 9.05. The van der Waals surface area contributed by atoms with Crippen LogP contribution in [0.2, 0.25) is 0 Å². The van der Waals surface area contributed by atoms with E-state index >= 15 is 0 Å². The number of halogens is 4. The van der Waals surface area contributed by atoms with Crippen molar-refractivity contribution >= 4 is 17.2 Å². The number of hydrogen-bond donors (Lipinski definition) is 1. The summed E-state index contributed by atoms with van der Waals surface area (Å²) in [6.45, 7) is 0. The molecular weight excluding hydrogens is 382 g/mol. The average Bonchev–Trinajstić information content (AvgIpc) is 3.15. The van der Waals surface area contributed by atoms with Gasteiger partial charge in [-0.3, -0.25) is 4.79 Å². The number of carbonyl (C=O) groups excluding carboxylic acids is 1. The summed E-state index contributed by atoms with van der Waals surface area (Å²) in [5.74, 6) is -1.29. The van der Waals surface area contributed by atoms with Crippen molar-refractivity contribution in [1.29, 1.82) is 0 Å². The molecule has 2 aromatic rings. The molecule has 0 heterocycles. The first-order chi connectivity index (χ1) is 13.8. The summed E-state index contributed by atoms with van der Waals surface area (Å²) in [7, 11) is 0. The maximum atomic E-state index is 13.7. The minimum atomic E-state index is -4.48. The summed E-state index contributed by atoms with van der Waals surface area (Å²) >= 11 is 0. The lowest BCUT2D eigenvalue weighted by Gasteiger charge is -2.14. The highest BCUT2D eigenvalue weighted by molar-refractivity contribution is 6.15. The van der Waals surface area contributed by atoms with Gasteiger partial charge in [0.25, 0.3) is 5.91 Å². The first-order valence-electron chi connectivity index (χ1n) is 9.05. The van der Waals surface area contributed by atoms with Crippen molar-refractivity contribution in [3.05, 3.63) is 93.7 Å². The van der Waals surface area contributed by atoms with Crippen LogP contribution in [-0.4, -0.2) is 5.91 Å². The third-order valence-electron chi connectivity index (χ3n) is 4.95. The molecule has 0 unspecified atom stereocenters. The van der Waals surface area contributed by atoms with E-state index in [9.17, 15) is 22.4 Å². The highest BCUT2D eigenvalue weighted by Gasteiger charge is 2.30. The Bertz CT molecular complexity index is 1130. The number of hydrogen-bond acceptors (Lipinski definition) is 1. The summed E-state index contributed by atoms with van der Waals surface area (Å²) in [5, 5.41) is 2.76. The van der Waals surface area contributed by atoms with E-state index in [-0.39, 0.29) is 16.7 Å². The van der Waals surface area contributed by atoms with E-state index in [1.807, 2.05) is 12.1 Å². The predicted octanol–water partition coefficient (Wildman–Crippen LogP) is 5.76. The molecule has 0 aromatic heterocycles. The lowest BCUT2D eigenvalue weighted by Crippen LogP contribution is -2.16. The number of amides is 1. The molecule has 4 rings (SSSR count). The van der Waals surface area contributed by atoms with Gasteiger partial charge in [-0.2, -0.15) is 17.6 Å². The van der Waals surface area contributed by atoms with Crippen molar-refractivity contribution in [1.82, 2.24) is 0 Å². The molecule has 2 aliphatic carbocycles. The molecule has 2 aromatic carbocycles. The van der Waals surface area contributed by atoms with E-state index in [4.69, 9.17) is 0 Å². The molecule has 0 radical (unpaired) electrons. The molecule has 0 aliphatic heterocycles. The van der Waals surface area contributed by atoms with Gasteiger partial charge in [0.05, 0.1) is 11.1 Å². The third-order valence-corrected chi connectivity index (χ3v) is 4.95. The monoisotopic (exact) mass is 397 g/mol. The van der Waals surface area contributed by atoms with Gasteiger partial charge in [-0.05, 0) is 72.0 Å². The van der Waals surface area contributed by atoms with Crippen LogP contribution >= 0.6 is 0 Å². The predicted molar refractivity (Wildman–Crippen MR) is 102 cm³/mol. The van der Waals surface area contributed by atoms with Gasteiger partial charge < -0.3 is 5.32 Å². The lowest BCUT2D eigenvalue weighted by atomic mass is 9.94. The van der Waals surface area contributed by atoms with E-state index in [1.54, 1.807) is 6.07 Å². The number of rotatable bonds is 3. The van der Waals surface area contributed by atoms with Crippen LogP contribution in [0.1, 0.15) is 28.7 Å².